The van der Waals surface area contributed by atoms with Crippen LogP contribution >= 0.6 is 22.9 Å². The first-order valence-corrected chi connectivity index (χ1v) is 9.79. The number of nitrogens with one attached hydrogen (secondary N) is 1. The monoisotopic (exact) mass is 386 g/mol. The van der Waals surface area contributed by atoms with Gasteiger partial charge in [0, 0.05) is 19.0 Å². The van der Waals surface area contributed by atoms with Gasteiger partial charge in [-0.1, -0.05) is 23.7 Å². The summed E-state index contributed by atoms with van der Waals surface area (Å²) in [5.74, 6) is 1.50. The zero-order valence-electron chi connectivity index (χ0n) is 14.4. The third-order valence-electron chi connectivity index (χ3n) is 4.35. The molecular weight excluding hydrogens is 368 g/mol. The standard InChI is InChI=1S/C20H19ClN2O2S/c1-24-7-8-25-19-17(20-22-5-6-23-20)11-15-10-13(14-4-9-26-12-14)2-3-16(15)18(19)21/h2-4,9-12H,5-8H2,1H3,(H,22,23). The van der Waals surface area contributed by atoms with E-state index < -0.39 is 0 Å². The molecule has 1 aromatic heterocycles. The van der Waals surface area contributed by atoms with Crippen LogP contribution in [0.3, 0.4) is 0 Å². The van der Waals surface area contributed by atoms with E-state index in [4.69, 9.17) is 21.1 Å². The number of hydrogen-bond donors (Lipinski definition) is 1. The summed E-state index contributed by atoms with van der Waals surface area (Å²) in [6.45, 7) is 2.54. The van der Waals surface area contributed by atoms with E-state index in [1.165, 1.54) is 11.1 Å². The van der Waals surface area contributed by atoms with Gasteiger partial charge >= 0.3 is 0 Å². The molecule has 134 valence electrons. The number of hydrogen-bond acceptors (Lipinski definition) is 5. The number of benzene rings is 2. The van der Waals surface area contributed by atoms with Crippen LogP contribution in [0.15, 0.2) is 46.1 Å². The van der Waals surface area contributed by atoms with Gasteiger partial charge in [-0.15, -0.1) is 0 Å². The second kappa shape index (κ2) is 7.66. The van der Waals surface area contributed by atoms with Gasteiger partial charge in [0.05, 0.1) is 23.7 Å². The van der Waals surface area contributed by atoms with E-state index in [0.29, 0.717) is 24.0 Å². The Labute approximate surface area is 161 Å². The molecule has 0 saturated carbocycles. The molecule has 1 N–H and O–H groups in total. The van der Waals surface area contributed by atoms with Crippen molar-refractivity contribution < 1.29 is 9.47 Å². The fourth-order valence-electron chi connectivity index (χ4n) is 3.07. The van der Waals surface area contributed by atoms with E-state index in [1.54, 1.807) is 18.4 Å². The molecule has 1 aliphatic heterocycles. The molecular formula is C20H19ClN2O2S. The van der Waals surface area contributed by atoms with Gasteiger partial charge in [0.1, 0.15) is 18.2 Å². The van der Waals surface area contributed by atoms with Crippen LogP contribution in [0.4, 0.5) is 0 Å². The average Bonchev–Trinajstić information content (AvgIpc) is 3.37. The molecule has 0 saturated heterocycles. The highest BCUT2D eigenvalue weighted by Gasteiger charge is 2.20. The van der Waals surface area contributed by atoms with E-state index in [2.05, 4.69) is 51.4 Å². The van der Waals surface area contributed by atoms with Crippen molar-refractivity contribution in [1.82, 2.24) is 5.32 Å². The number of fused-ring (bicyclic) bond motifs is 1. The number of rotatable bonds is 6. The first-order chi connectivity index (χ1) is 12.8. The first-order valence-electron chi connectivity index (χ1n) is 8.47. The van der Waals surface area contributed by atoms with Crippen molar-refractivity contribution in [3.8, 4) is 16.9 Å². The van der Waals surface area contributed by atoms with Gasteiger partial charge in [-0.25, -0.2) is 0 Å². The normalized spacial score (nSPS) is 13.7. The average molecular weight is 387 g/mol. The third kappa shape index (κ3) is 3.30. The smallest absolute Gasteiger partial charge is 0.149 e. The predicted octanol–water partition coefficient (Wildman–Crippen LogP) is 4.60. The molecule has 4 rings (SSSR count). The molecule has 3 aromatic rings. The van der Waals surface area contributed by atoms with Gasteiger partial charge in [0.2, 0.25) is 0 Å². The molecule has 0 aliphatic carbocycles. The summed E-state index contributed by atoms with van der Waals surface area (Å²) in [4.78, 5) is 4.55. The summed E-state index contributed by atoms with van der Waals surface area (Å²) in [5.41, 5.74) is 3.29. The molecule has 0 fully saturated rings. The number of nitrogens with zero attached hydrogens (tertiary/aromatic N) is 1. The first kappa shape index (κ1) is 17.3. The summed E-state index contributed by atoms with van der Waals surface area (Å²) in [6.07, 6.45) is 0. The second-order valence-electron chi connectivity index (χ2n) is 6.01. The lowest BCUT2D eigenvalue weighted by atomic mass is 10.00. The minimum Gasteiger partial charge on any atom is -0.489 e. The van der Waals surface area contributed by atoms with Crippen molar-refractivity contribution in [2.45, 2.75) is 0 Å². The molecule has 2 heterocycles. The maximum Gasteiger partial charge on any atom is 0.149 e. The zero-order chi connectivity index (χ0) is 17.9. The summed E-state index contributed by atoms with van der Waals surface area (Å²) in [5, 5.41) is 10.2. The van der Waals surface area contributed by atoms with Gasteiger partial charge in [-0.05, 0) is 45.5 Å². The Morgan fingerprint density at radius 3 is 2.85 bits per heavy atom. The van der Waals surface area contributed by atoms with Crippen molar-refractivity contribution in [3.63, 3.8) is 0 Å². The molecule has 2 aromatic carbocycles. The lowest BCUT2D eigenvalue weighted by molar-refractivity contribution is 0.146. The number of thiophene rings is 1. The third-order valence-corrected chi connectivity index (χ3v) is 5.41. The highest BCUT2D eigenvalue weighted by molar-refractivity contribution is 7.08. The molecule has 0 radical (unpaired) electrons. The van der Waals surface area contributed by atoms with Gasteiger partial charge in [-0.3, -0.25) is 4.99 Å². The summed E-state index contributed by atoms with van der Waals surface area (Å²) < 4.78 is 11.1. The quantitative estimate of drug-likeness (QED) is 0.630. The Morgan fingerprint density at radius 2 is 2.12 bits per heavy atom. The molecule has 6 heteroatoms. The fraction of sp³-hybridized carbons (Fsp3) is 0.250. The van der Waals surface area contributed by atoms with Gasteiger partial charge in [-0.2, -0.15) is 11.3 Å². The second-order valence-corrected chi connectivity index (χ2v) is 7.17. The van der Waals surface area contributed by atoms with Crippen LogP contribution in [-0.4, -0.2) is 39.2 Å². The van der Waals surface area contributed by atoms with Gasteiger partial charge in [0.25, 0.3) is 0 Å². The Kier molecular flexibility index (Phi) is 5.11. The minimum atomic E-state index is 0.439. The van der Waals surface area contributed by atoms with Crippen LogP contribution in [0.5, 0.6) is 5.75 Å². The Hall–Kier alpha value is -2.08. The van der Waals surface area contributed by atoms with Crippen molar-refractivity contribution in [1.29, 1.82) is 0 Å². The van der Waals surface area contributed by atoms with E-state index in [9.17, 15) is 0 Å². The number of halogens is 1. The molecule has 0 bridgehead atoms. The van der Waals surface area contributed by atoms with E-state index >= 15 is 0 Å². The Morgan fingerprint density at radius 1 is 1.19 bits per heavy atom. The van der Waals surface area contributed by atoms with Crippen LogP contribution in [-0.2, 0) is 4.74 Å². The SMILES string of the molecule is COCCOc1c(C2=NCCN2)cc2cc(-c3ccsc3)ccc2c1Cl. The summed E-state index contributed by atoms with van der Waals surface area (Å²) in [7, 11) is 1.65. The maximum absolute atomic E-state index is 6.73. The van der Waals surface area contributed by atoms with Crippen LogP contribution in [0, 0.1) is 0 Å². The number of ether oxygens (including phenoxy) is 2. The van der Waals surface area contributed by atoms with Crippen LogP contribution in [0.2, 0.25) is 5.02 Å². The zero-order valence-corrected chi connectivity index (χ0v) is 16.0. The summed E-state index contributed by atoms with van der Waals surface area (Å²) >= 11 is 8.43. The van der Waals surface area contributed by atoms with Crippen molar-refractivity contribution in [3.05, 3.63) is 51.7 Å². The molecule has 4 nitrogen and oxygen atoms in total. The Bertz CT molecular complexity index is 954. The van der Waals surface area contributed by atoms with E-state index in [1.807, 2.05) is 0 Å². The number of aliphatic imine (C=N–C) groups is 1. The van der Waals surface area contributed by atoms with Crippen molar-refractivity contribution in [2.75, 3.05) is 33.4 Å². The molecule has 1 aliphatic rings. The summed E-state index contributed by atoms with van der Waals surface area (Å²) in [6, 6.07) is 10.6. The topological polar surface area (TPSA) is 42.9 Å². The van der Waals surface area contributed by atoms with Crippen molar-refractivity contribution in [2.24, 2.45) is 4.99 Å². The fourth-order valence-corrected chi connectivity index (χ4v) is 4.07. The van der Waals surface area contributed by atoms with E-state index in [-0.39, 0.29) is 0 Å². The highest BCUT2D eigenvalue weighted by Crippen LogP contribution is 2.38. The number of methoxy groups -OCH3 is 1. The van der Waals surface area contributed by atoms with Crippen LogP contribution in [0.25, 0.3) is 21.9 Å². The molecule has 0 unspecified atom stereocenters. The van der Waals surface area contributed by atoms with Crippen molar-refractivity contribution >= 4 is 39.5 Å². The molecule has 0 spiro atoms. The Balaban J connectivity index is 1.84. The predicted molar refractivity (Wildman–Crippen MR) is 109 cm³/mol. The number of amidine groups is 1. The van der Waals surface area contributed by atoms with Crippen LogP contribution < -0.4 is 10.1 Å². The lowest BCUT2D eigenvalue weighted by Crippen LogP contribution is -2.21. The molecule has 26 heavy (non-hydrogen) atoms. The van der Waals surface area contributed by atoms with Crippen LogP contribution in [0.1, 0.15) is 5.56 Å². The minimum absolute atomic E-state index is 0.439. The maximum atomic E-state index is 6.73. The largest absolute Gasteiger partial charge is 0.489 e. The molecule has 0 atom stereocenters. The highest BCUT2D eigenvalue weighted by atomic mass is 35.5. The molecule has 0 amide bonds. The van der Waals surface area contributed by atoms with E-state index in [0.717, 1.165) is 35.3 Å². The lowest BCUT2D eigenvalue weighted by Gasteiger charge is -2.16. The van der Waals surface area contributed by atoms with Gasteiger partial charge in [0.15, 0.2) is 0 Å². The van der Waals surface area contributed by atoms with Gasteiger partial charge < -0.3 is 14.8 Å².